The number of nitrogens with zero attached hydrogens (tertiary/aromatic N) is 1. The minimum Gasteiger partial charge on any atom is -0.339 e. The molecule has 1 fully saturated rings. The number of amides is 2. The second-order valence-corrected chi connectivity index (χ2v) is 4.92. The zero-order chi connectivity index (χ0) is 14.5. The van der Waals surface area contributed by atoms with Crippen molar-refractivity contribution in [1.29, 1.82) is 0 Å². The van der Waals surface area contributed by atoms with E-state index in [0.717, 1.165) is 12.0 Å². The summed E-state index contributed by atoms with van der Waals surface area (Å²) < 4.78 is 0. The Morgan fingerprint density at radius 1 is 1.25 bits per heavy atom. The van der Waals surface area contributed by atoms with Crippen LogP contribution in [0.25, 0.3) is 0 Å². The molecule has 0 bridgehead atoms. The first-order valence-electron chi connectivity index (χ1n) is 6.92. The summed E-state index contributed by atoms with van der Waals surface area (Å²) in [5.74, 6) is -0.133. The van der Waals surface area contributed by atoms with Crippen LogP contribution in [0.15, 0.2) is 42.5 Å². The molecule has 1 aromatic carbocycles. The highest BCUT2D eigenvalue weighted by molar-refractivity contribution is 5.97. The number of piperazine rings is 1. The van der Waals surface area contributed by atoms with Crippen molar-refractivity contribution in [3.63, 3.8) is 0 Å². The number of allylic oxidation sites excluding steroid dienone is 1. The lowest BCUT2D eigenvalue weighted by molar-refractivity contribution is -0.148. The summed E-state index contributed by atoms with van der Waals surface area (Å²) in [5.41, 5.74) is 0.828. The second kappa shape index (κ2) is 6.37. The molecule has 1 aliphatic heterocycles. The molecule has 2 amide bonds. The molecule has 0 aromatic heterocycles. The maximum Gasteiger partial charge on any atom is 0.250 e. The molecule has 20 heavy (non-hydrogen) atoms. The van der Waals surface area contributed by atoms with Crippen LogP contribution in [0, 0.1) is 0 Å². The van der Waals surface area contributed by atoms with Gasteiger partial charge in [-0.05, 0) is 25.8 Å². The minimum atomic E-state index is -0.564. The molecule has 1 heterocycles. The highest BCUT2D eigenvalue weighted by atomic mass is 16.2. The van der Waals surface area contributed by atoms with Crippen molar-refractivity contribution in [2.75, 3.05) is 6.54 Å². The fraction of sp³-hybridized carbons (Fsp3) is 0.375. The SMILES string of the molecule is C/C=C/CCN1C(=O)C(c2ccccc2)NC(=O)C1C. The summed E-state index contributed by atoms with van der Waals surface area (Å²) in [5, 5.41) is 2.80. The monoisotopic (exact) mass is 272 g/mol. The molecule has 1 aliphatic rings. The highest BCUT2D eigenvalue weighted by Gasteiger charge is 2.38. The Labute approximate surface area is 119 Å². The van der Waals surface area contributed by atoms with Crippen LogP contribution in [0.4, 0.5) is 0 Å². The Bertz CT molecular complexity index is 510. The van der Waals surface area contributed by atoms with E-state index >= 15 is 0 Å². The fourth-order valence-corrected chi connectivity index (χ4v) is 2.38. The van der Waals surface area contributed by atoms with Crippen LogP contribution in [0.5, 0.6) is 0 Å². The molecule has 2 unspecified atom stereocenters. The molecule has 106 valence electrons. The van der Waals surface area contributed by atoms with Crippen LogP contribution in [-0.2, 0) is 9.59 Å². The fourth-order valence-electron chi connectivity index (χ4n) is 2.38. The Morgan fingerprint density at radius 2 is 1.95 bits per heavy atom. The van der Waals surface area contributed by atoms with E-state index in [1.54, 1.807) is 11.8 Å². The van der Waals surface area contributed by atoms with Crippen LogP contribution < -0.4 is 5.32 Å². The number of nitrogens with one attached hydrogen (secondary N) is 1. The maximum absolute atomic E-state index is 12.6. The molecule has 2 rings (SSSR count). The van der Waals surface area contributed by atoms with Gasteiger partial charge in [-0.1, -0.05) is 42.5 Å². The van der Waals surface area contributed by atoms with Gasteiger partial charge < -0.3 is 10.2 Å². The van der Waals surface area contributed by atoms with Gasteiger partial charge in [0.15, 0.2) is 0 Å². The Kier molecular flexibility index (Phi) is 4.56. The third-order valence-corrected chi connectivity index (χ3v) is 3.57. The predicted octanol–water partition coefficient (Wildman–Crippen LogP) is 2.04. The summed E-state index contributed by atoms with van der Waals surface area (Å²) in [6, 6.07) is 8.39. The number of hydrogen-bond donors (Lipinski definition) is 1. The maximum atomic E-state index is 12.6. The van der Waals surface area contributed by atoms with Gasteiger partial charge in [0.1, 0.15) is 12.1 Å². The zero-order valence-electron chi connectivity index (χ0n) is 11.9. The molecule has 1 saturated heterocycles. The van der Waals surface area contributed by atoms with E-state index in [-0.39, 0.29) is 11.8 Å². The molecule has 1 aromatic rings. The van der Waals surface area contributed by atoms with Crippen molar-refractivity contribution >= 4 is 11.8 Å². The number of benzene rings is 1. The van der Waals surface area contributed by atoms with Gasteiger partial charge >= 0.3 is 0 Å². The van der Waals surface area contributed by atoms with Crippen molar-refractivity contribution in [2.24, 2.45) is 0 Å². The summed E-state index contributed by atoms with van der Waals surface area (Å²) in [6.45, 7) is 4.28. The normalized spacial score (nSPS) is 23.2. The van der Waals surface area contributed by atoms with E-state index in [1.165, 1.54) is 0 Å². The van der Waals surface area contributed by atoms with Gasteiger partial charge in [0, 0.05) is 6.54 Å². The smallest absolute Gasteiger partial charge is 0.250 e. The van der Waals surface area contributed by atoms with Crippen molar-refractivity contribution in [3.05, 3.63) is 48.0 Å². The summed E-state index contributed by atoms with van der Waals surface area (Å²) in [7, 11) is 0. The number of rotatable bonds is 4. The molecule has 0 aliphatic carbocycles. The molecular weight excluding hydrogens is 252 g/mol. The van der Waals surface area contributed by atoms with Crippen LogP contribution >= 0.6 is 0 Å². The number of carbonyl (C=O) groups is 2. The molecule has 4 heteroatoms. The average Bonchev–Trinajstić information content (AvgIpc) is 2.47. The average molecular weight is 272 g/mol. The highest BCUT2D eigenvalue weighted by Crippen LogP contribution is 2.22. The lowest BCUT2D eigenvalue weighted by Crippen LogP contribution is -2.58. The van der Waals surface area contributed by atoms with E-state index in [4.69, 9.17) is 0 Å². The first-order chi connectivity index (χ1) is 9.65. The van der Waals surface area contributed by atoms with Crippen molar-refractivity contribution < 1.29 is 9.59 Å². The van der Waals surface area contributed by atoms with Crippen molar-refractivity contribution in [3.8, 4) is 0 Å². The zero-order valence-corrected chi connectivity index (χ0v) is 11.9. The molecule has 0 saturated carbocycles. The van der Waals surface area contributed by atoms with E-state index in [2.05, 4.69) is 5.32 Å². The largest absolute Gasteiger partial charge is 0.339 e. The Hall–Kier alpha value is -2.10. The van der Waals surface area contributed by atoms with Gasteiger partial charge in [-0.25, -0.2) is 0 Å². The molecule has 1 N–H and O–H groups in total. The van der Waals surface area contributed by atoms with E-state index in [0.29, 0.717) is 6.54 Å². The van der Waals surface area contributed by atoms with Crippen LogP contribution in [-0.4, -0.2) is 29.3 Å². The van der Waals surface area contributed by atoms with Gasteiger partial charge in [-0.15, -0.1) is 0 Å². The second-order valence-electron chi connectivity index (χ2n) is 4.92. The summed E-state index contributed by atoms with van der Waals surface area (Å²) in [4.78, 5) is 26.3. The van der Waals surface area contributed by atoms with Gasteiger partial charge in [0.05, 0.1) is 0 Å². The van der Waals surface area contributed by atoms with Gasteiger partial charge in [0.2, 0.25) is 11.8 Å². The predicted molar refractivity (Wildman–Crippen MR) is 77.9 cm³/mol. The molecule has 0 spiro atoms. The van der Waals surface area contributed by atoms with Gasteiger partial charge in [0.25, 0.3) is 0 Å². The Morgan fingerprint density at radius 3 is 2.60 bits per heavy atom. The summed E-state index contributed by atoms with van der Waals surface area (Å²) in [6.07, 6.45) is 4.72. The topological polar surface area (TPSA) is 49.4 Å². The lowest BCUT2D eigenvalue weighted by atomic mass is 10.0. The van der Waals surface area contributed by atoms with E-state index in [1.807, 2.05) is 49.4 Å². The third-order valence-electron chi connectivity index (χ3n) is 3.57. The summed E-state index contributed by atoms with van der Waals surface area (Å²) >= 11 is 0. The van der Waals surface area contributed by atoms with Crippen LogP contribution in [0.1, 0.15) is 31.9 Å². The molecule has 2 atom stereocenters. The number of hydrogen-bond acceptors (Lipinski definition) is 2. The first-order valence-corrected chi connectivity index (χ1v) is 6.92. The Balaban J connectivity index is 2.19. The van der Waals surface area contributed by atoms with Gasteiger partial charge in [-0.3, -0.25) is 9.59 Å². The first kappa shape index (κ1) is 14.3. The van der Waals surface area contributed by atoms with Crippen molar-refractivity contribution in [2.45, 2.75) is 32.4 Å². The van der Waals surface area contributed by atoms with E-state index < -0.39 is 12.1 Å². The molecule has 0 radical (unpaired) electrons. The van der Waals surface area contributed by atoms with Crippen molar-refractivity contribution in [1.82, 2.24) is 10.2 Å². The van der Waals surface area contributed by atoms with E-state index in [9.17, 15) is 9.59 Å². The third kappa shape index (κ3) is 2.90. The molecular formula is C16H20N2O2. The number of carbonyl (C=O) groups excluding carboxylic acids is 2. The van der Waals surface area contributed by atoms with Crippen LogP contribution in [0.3, 0.4) is 0 Å². The van der Waals surface area contributed by atoms with Gasteiger partial charge in [-0.2, -0.15) is 0 Å². The quantitative estimate of drug-likeness (QED) is 0.853. The molecule has 4 nitrogen and oxygen atoms in total. The minimum absolute atomic E-state index is 0.0344. The standard InChI is InChI=1S/C16H20N2O2/c1-3-4-8-11-18-12(2)15(19)17-14(16(18)20)13-9-6-5-7-10-13/h3-7,9-10,12,14H,8,11H2,1-2H3,(H,17,19)/b4-3+. The lowest BCUT2D eigenvalue weighted by Gasteiger charge is -2.37. The van der Waals surface area contributed by atoms with Crippen LogP contribution in [0.2, 0.25) is 0 Å².